The van der Waals surface area contributed by atoms with Crippen molar-refractivity contribution >= 4 is 23.9 Å². The van der Waals surface area contributed by atoms with Crippen LogP contribution in [0.2, 0.25) is 0 Å². The molecule has 29 heavy (non-hydrogen) atoms. The third kappa shape index (κ3) is 3.87. The molecular formula is C22H18N2O5. The Bertz CT molecular complexity index is 1130. The number of nitriles is 1. The summed E-state index contributed by atoms with van der Waals surface area (Å²) in [5, 5.41) is 11.3. The average Bonchev–Trinajstić information content (AvgIpc) is 3.14. The van der Waals surface area contributed by atoms with Crippen LogP contribution in [-0.2, 0) is 14.3 Å². The van der Waals surface area contributed by atoms with Crippen LogP contribution in [0.25, 0.3) is 17.4 Å². The van der Waals surface area contributed by atoms with Gasteiger partial charge in [0, 0.05) is 11.1 Å². The number of hydrogen-bond donors (Lipinski definition) is 1. The van der Waals surface area contributed by atoms with E-state index in [1.165, 1.54) is 13.0 Å². The third-order valence-electron chi connectivity index (χ3n) is 4.52. The Morgan fingerprint density at radius 1 is 1.21 bits per heavy atom. The largest absolute Gasteiger partial charge is 0.462 e. The first-order valence-electron chi connectivity index (χ1n) is 8.92. The molecule has 1 N–H and O–H groups in total. The number of imide groups is 1. The number of aryl methyl sites for hydroxylation is 1. The fourth-order valence-electron chi connectivity index (χ4n) is 2.95. The van der Waals surface area contributed by atoms with Crippen LogP contribution >= 0.6 is 0 Å². The van der Waals surface area contributed by atoms with Crippen LogP contribution < -0.4 is 5.32 Å². The van der Waals surface area contributed by atoms with E-state index in [9.17, 15) is 14.4 Å². The Balaban J connectivity index is 1.97. The van der Waals surface area contributed by atoms with Crippen molar-refractivity contribution in [1.29, 1.82) is 5.26 Å². The lowest BCUT2D eigenvalue weighted by Gasteiger charge is -2.15. The maximum atomic E-state index is 12.1. The van der Waals surface area contributed by atoms with E-state index in [1.54, 1.807) is 37.3 Å². The topological polar surface area (TPSA) is 109 Å². The Hall–Kier alpha value is -3.92. The number of amides is 2. The first-order valence-corrected chi connectivity index (χ1v) is 8.92. The van der Waals surface area contributed by atoms with Crippen LogP contribution in [0, 0.1) is 18.3 Å². The van der Waals surface area contributed by atoms with Crippen molar-refractivity contribution in [2.75, 3.05) is 6.61 Å². The van der Waals surface area contributed by atoms with Gasteiger partial charge < -0.3 is 9.15 Å². The smallest absolute Gasteiger partial charge is 0.338 e. The molecule has 1 aromatic carbocycles. The van der Waals surface area contributed by atoms with Crippen molar-refractivity contribution in [3.8, 4) is 17.4 Å². The van der Waals surface area contributed by atoms with Crippen LogP contribution in [0.1, 0.15) is 35.5 Å². The molecule has 7 nitrogen and oxygen atoms in total. The fourth-order valence-corrected chi connectivity index (χ4v) is 2.95. The molecule has 146 valence electrons. The van der Waals surface area contributed by atoms with Gasteiger partial charge >= 0.3 is 5.97 Å². The van der Waals surface area contributed by atoms with Crippen molar-refractivity contribution in [3.05, 3.63) is 63.9 Å². The summed E-state index contributed by atoms with van der Waals surface area (Å²) >= 11 is 0. The molecule has 0 atom stereocenters. The lowest BCUT2D eigenvalue weighted by atomic mass is 9.96. The summed E-state index contributed by atoms with van der Waals surface area (Å²) < 4.78 is 10.9. The first kappa shape index (κ1) is 19.8. The Morgan fingerprint density at radius 2 is 1.97 bits per heavy atom. The highest BCUT2D eigenvalue weighted by molar-refractivity contribution is 6.19. The van der Waals surface area contributed by atoms with Gasteiger partial charge in [0.2, 0.25) is 0 Å². The molecule has 7 heteroatoms. The van der Waals surface area contributed by atoms with Crippen LogP contribution in [0.3, 0.4) is 0 Å². The van der Waals surface area contributed by atoms with Gasteiger partial charge in [-0.3, -0.25) is 14.9 Å². The van der Waals surface area contributed by atoms with E-state index in [4.69, 9.17) is 14.4 Å². The van der Waals surface area contributed by atoms with Gasteiger partial charge in [-0.1, -0.05) is 12.1 Å². The zero-order valence-corrected chi connectivity index (χ0v) is 16.2. The highest BCUT2D eigenvalue weighted by atomic mass is 16.5. The van der Waals surface area contributed by atoms with E-state index in [1.807, 2.05) is 13.0 Å². The predicted octanol–water partition coefficient (Wildman–Crippen LogP) is 3.31. The molecule has 2 aromatic rings. The van der Waals surface area contributed by atoms with Crippen LogP contribution in [-0.4, -0.2) is 24.4 Å². The summed E-state index contributed by atoms with van der Waals surface area (Å²) in [5.41, 5.74) is 2.27. The average molecular weight is 390 g/mol. The van der Waals surface area contributed by atoms with Crippen molar-refractivity contribution in [1.82, 2.24) is 5.32 Å². The number of rotatable bonds is 4. The SMILES string of the molecule is CCOC(=O)c1cc(-c2ccc(/C=C3/C(=O)NC(=O)C(C#N)=C3C)o2)ccc1C. The monoisotopic (exact) mass is 390 g/mol. The zero-order chi connectivity index (χ0) is 21.1. The second-order valence-corrected chi connectivity index (χ2v) is 6.41. The zero-order valence-electron chi connectivity index (χ0n) is 16.2. The minimum atomic E-state index is -0.710. The predicted molar refractivity (Wildman–Crippen MR) is 104 cm³/mol. The van der Waals surface area contributed by atoms with E-state index >= 15 is 0 Å². The molecule has 1 aromatic heterocycles. The van der Waals surface area contributed by atoms with Crippen LogP contribution in [0.4, 0.5) is 0 Å². The van der Waals surface area contributed by atoms with Gasteiger partial charge in [0.1, 0.15) is 23.2 Å². The van der Waals surface area contributed by atoms with Crippen molar-refractivity contribution in [3.63, 3.8) is 0 Å². The van der Waals surface area contributed by atoms with E-state index < -0.39 is 17.8 Å². The Labute approximate surface area is 167 Å². The number of hydrogen-bond acceptors (Lipinski definition) is 6. The van der Waals surface area contributed by atoms with Gasteiger partial charge in [-0.2, -0.15) is 5.26 Å². The summed E-state index contributed by atoms with van der Waals surface area (Å²) in [5.74, 6) is -0.844. The maximum absolute atomic E-state index is 12.1. The molecule has 3 rings (SSSR count). The molecular weight excluding hydrogens is 372 g/mol. The number of ether oxygens (including phenoxy) is 1. The molecule has 2 amide bonds. The van der Waals surface area contributed by atoms with Gasteiger partial charge in [-0.05, 0) is 56.2 Å². The minimum absolute atomic E-state index is 0.111. The molecule has 1 aliphatic heterocycles. The fraction of sp³-hybridized carbons (Fsp3) is 0.182. The molecule has 2 heterocycles. The molecule has 0 aliphatic carbocycles. The lowest BCUT2D eigenvalue weighted by Crippen LogP contribution is -2.37. The number of benzene rings is 1. The van der Waals surface area contributed by atoms with Crippen molar-refractivity contribution < 1.29 is 23.5 Å². The molecule has 0 unspecified atom stereocenters. The van der Waals surface area contributed by atoms with E-state index in [0.29, 0.717) is 28.2 Å². The number of furan rings is 1. The Morgan fingerprint density at radius 3 is 2.66 bits per heavy atom. The number of nitrogens with one attached hydrogen (secondary N) is 1. The van der Waals surface area contributed by atoms with Gasteiger partial charge in [0.05, 0.1) is 12.2 Å². The molecule has 0 fully saturated rings. The van der Waals surface area contributed by atoms with Crippen molar-refractivity contribution in [2.24, 2.45) is 0 Å². The highest BCUT2D eigenvalue weighted by Crippen LogP contribution is 2.28. The van der Waals surface area contributed by atoms with Crippen LogP contribution in [0.5, 0.6) is 0 Å². The number of carbonyl (C=O) groups excluding carboxylic acids is 3. The van der Waals surface area contributed by atoms with E-state index in [-0.39, 0.29) is 17.8 Å². The maximum Gasteiger partial charge on any atom is 0.338 e. The first-order chi connectivity index (χ1) is 13.8. The lowest BCUT2D eigenvalue weighted by molar-refractivity contribution is -0.126. The summed E-state index contributed by atoms with van der Waals surface area (Å²) in [6, 6.07) is 10.5. The molecule has 0 bridgehead atoms. The normalized spacial score (nSPS) is 15.3. The van der Waals surface area contributed by atoms with E-state index in [0.717, 1.165) is 5.56 Å². The second-order valence-electron chi connectivity index (χ2n) is 6.41. The van der Waals surface area contributed by atoms with Crippen LogP contribution in [0.15, 0.2) is 51.5 Å². The molecule has 1 aliphatic rings. The molecule has 0 saturated heterocycles. The quantitative estimate of drug-likeness (QED) is 0.487. The number of nitrogens with zero attached hydrogens (tertiary/aromatic N) is 1. The minimum Gasteiger partial charge on any atom is -0.462 e. The molecule has 0 saturated carbocycles. The number of esters is 1. The third-order valence-corrected chi connectivity index (χ3v) is 4.52. The summed E-state index contributed by atoms with van der Waals surface area (Å²) in [7, 11) is 0. The number of carbonyl (C=O) groups is 3. The molecule has 0 radical (unpaired) electrons. The van der Waals surface area contributed by atoms with E-state index in [2.05, 4.69) is 5.32 Å². The standard InChI is InChI=1S/C22H18N2O5/c1-4-28-22(27)16-9-14(6-5-12(16)2)19-8-7-15(29-19)10-17-13(3)18(11-23)21(26)24-20(17)25/h5-10H,4H2,1-3H3,(H,24,25,26)/b17-10+. The summed E-state index contributed by atoms with van der Waals surface area (Å²) in [6.07, 6.45) is 1.47. The van der Waals surface area contributed by atoms with Gasteiger partial charge in [-0.15, -0.1) is 0 Å². The summed E-state index contributed by atoms with van der Waals surface area (Å²) in [4.78, 5) is 35.9. The second kappa shape index (κ2) is 7.98. The Kier molecular flexibility index (Phi) is 5.46. The van der Waals surface area contributed by atoms with Gasteiger partial charge in [0.15, 0.2) is 0 Å². The van der Waals surface area contributed by atoms with Gasteiger partial charge in [0.25, 0.3) is 11.8 Å². The highest BCUT2D eigenvalue weighted by Gasteiger charge is 2.27. The van der Waals surface area contributed by atoms with Gasteiger partial charge in [-0.25, -0.2) is 4.79 Å². The van der Waals surface area contributed by atoms with Crippen molar-refractivity contribution in [2.45, 2.75) is 20.8 Å². The summed E-state index contributed by atoms with van der Waals surface area (Å²) in [6.45, 7) is 5.38. The molecule has 0 spiro atoms.